The highest BCUT2D eigenvalue weighted by molar-refractivity contribution is 6.33. The van der Waals surface area contributed by atoms with Crippen molar-refractivity contribution in [1.82, 2.24) is 20.2 Å². The lowest BCUT2D eigenvalue weighted by atomic mass is 9.93. The molecule has 0 radical (unpaired) electrons. The van der Waals surface area contributed by atoms with Gasteiger partial charge in [-0.3, -0.25) is 9.69 Å². The first-order valence-corrected chi connectivity index (χ1v) is 13.1. The number of aryl methyl sites for hydroxylation is 1. The van der Waals surface area contributed by atoms with Crippen LogP contribution >= 0.6 is 11.6 Å². The van der Waals surface area contributed by atoms with E-state index in [1.807, 2.05) is 13.0 Å². The Morgan fingerprint density at radius 2 is 2.16 bits per heavy atom. The Bertz CT molecular complexity index is 1250. The van der Waals surface area contributed by atoms with Crippen LogP contribution in [0.15, 0.2) is 41.3 Å². The van der Waals surface area contributed by atoms with Crippen LogP contribution in [0.2, 0.25) is 5.02 Å². The Hall–Kier alpha value is -3.14. The van der Waals surface area contributed by atoms with E-state index in [2.05, 4.69) is 37.6 Å². The first-order chi connectivity index (χ1) is 17.9. The Labute approximate surface area is 221 Å². The molecule has 1 fully saturated rings. The second-order valence-corrected chi connectivity index (χ2v) is 10.2. The van der Waals surface area contributed by atoms with Gasteiger partial charge in [-0.05, 0) is 61.9 Å². The molecule has 2 aromatic heterocycles. The Kier molecular flexibility index (Phi) is 7.93. The minimum absolute atomic E-state index is 0.139. The minimum Gasteiger partial charge on any atom is -0.486 e. The number of ether oxygens (including phenoxy) is 1. The highest BCUT2D eigenvalue weighted by Crippen LogP contribution is 2.26. The number of nitrogens with one attached hydrogen (secondary N) is 2. The van der Waals surface area contributed by atoms with E-state index in [1.54, 1.807) is 6.07 Å². The predicted octanol–water partition coefficient (Wildman–Crippen LogP) is 3.72. The van der Waals surface area contributed by atoms with Crippen LogP contribution in [-0.2, 0) is 19.6 Å². The first kappa shape index (κ1) is 25.5. The van der Waals surface area contributed by atoms with Crippen molar-refractivity contribution in [3.05, 3.63) is 70.0 Å². The molecule has 3 N–H and O–H groups in total. The molecule has 1 aliphatic heterocycles. The summed E-state index contributed by atoms with van der Waals surface area (Å²) >= 11 is 6.22. The van der Waals surface area contributed by atoms with E-state index < -0.39 is 6.10 Å². The fraction of sp³-hybridized carbons (Fsp3) is 0.444. The molecule has 1 aliphatic carbocycles. The third-order valence-electron chi connectivity index (χ3n) is 7.01. The predicted molar refractivity (Wildman–Crippen MR) is 140 cm³/mol. The number of hydrogen-bond donors (Lipinski definition) is 3. The van der Waals surface area contributed by atoms with Gasteiger partial charge >= 0.3 is 0 Å². The summed E-state index contributed by atoms with van der Waals surface area (Å²) in [5.41, 5.74) is 3.64. The van der Waals surface area contributed by atoms with Gasteiger partial charge in [0.15, 0.2) is 12.2 Å². The number of oxazole rings is 1. The molecule has 9 nitrogen and oxygen atoms in total. The minimum atomic E-state index is -0.702. The van der Waals surface area contributed by atoms with E-state index in [4.69, 9.17) is 20.8 Å². The van der Waals surface area contributed by atoms with Crippen LogP contribution in [0, 0.1) is 6.92 Å². The molecule has 10 heteroatoms. The van der Waals surface area contributed by atoms with E-state index in [0.29, 0.717) is 30.6 Å². The van der Waals surface area contributed by atoms with E-state index in [9.17, 15) is 9.90 Å². The number of carbonyl (C=O) groups is 1. The van der Waals surface area contributed by atoms with Gasteiger partial charge in [0.25, 0.3) is 5.91 Å². The van der Waals surface area contributed by atoms with E-state index in [0.717, 1.165) is 49.6 Å². The number of anilines is 1. The van der Waals surface area contributed by atoms with Crippen molar-refractivity contribution in [2.75, 3.05) is 25.0 Å². The lowest BCUT2D eigenvalue weighted by Gasteiger charge is -2.30. The van der Waals surface area contributed by atoms with Crippen molar-refractivity contribution < 1.29 is 19.1 Å². The maximum atomic E-state index is 12.7. The topological polar surface area (TPSA) is 113 Å². The van der Waals surface area contributed by atoms with Crippen molar-refractivity contribution in [3.63, 3.8) is 0 Å². The number of carbonyl (C=O) groups excluding carboxylic acids is 1. The van der Waals surface area contributed by atoms with Crippen molar-refractivity contribution in [1.29, 1.82) is 0 Å². The molecule has 1 aromatic carbocycles. The molecule has 3 aromatic rings. The zero-order valence-electron chi connectivity index (χ0n) is 20.9. The van der Waals surface area contributed by atoms with Crippen LogP contribution in [0.25, 0.3) is 0 Å². The van der Waals surface area contributed by atoms with Gasteiger partial charge in [0.05, 0.1) is 22.4 Å². The highest BCUT2D eigenvalue weighted by Gasteiger charge is 2.22. The number of β-amino-alcohol motifs (C(OH)–C–C–N with tert-alkyl or cyclic N) is 1. The molecule has 0 spiro atoms. The average Bonchev–Trinajstić information content (AvgIpc) is 3.28. The summed E-state index contributed by atoms with van der Waals surface area (Å²) in [4.78, 5) is 23.3. The molecular formula is C27H32ClN5O4. The number of halogens is 1. The standard InChI is InChI=1S/C27H32ClN5O4/c1-17-25(37-16-31-17)15-36-22-6-5-19-13-33(8-7-18(19)9-22)14-21(34)11-30-27(35)23-10-26(29-12-24(23)28)32-20-3-2-4-20/h5-6,9-10,12,16,20-21,34H,2-4,7-8,11,13-15H2,1H3,(H,29,32)(H,30,35). The lowest BCUT2D eigenvalue weighted by Crippen LogP contribution is -2.42. The van der Waals surface area contributed by atoms with Gasteiger partial charge in [0.2, 0.25) is 0 Å². The molecule has 1 amide bonds. The van der Waals surface area contributed by atoms with Crippen LogP contribution in [0.5, 0.6) is 5.75 Å². The smallest absolute Gasteiger partial charge is 0.253 e. The molecule has 0 saturated heterocycles. The average molecular weight is 526 g/mol. The maximum absolute atomic E-state index is 12.7. The number of benzene rings is 1. The second-order valence-electron chi connectivity index (χ2n) is 9.75. The van der Waals surface area contributed by atoms with Crippen LogP contribution in [0.3, 0.4) is 0 Å². The number of aliphatic hydroxyl groups excluding tert-OH is 1. The SMILES string of the molecule is Cc1ncoc1COc1ccc2c(c1)CCN(CC(O)CNC(=O)c1cc(NC3CCC3)ncc1Cl)C2. The lowest BCUT2D eigenvalue weighted by molar-refractivity contribution is 0.0842. The normalized spacial score (nSPS) is 16.5. The molecule has 5 rings (SSSR count). The number of rotatable bonds is 10. The van der Waals surface area contributed by atoms with Crippen LogP contribution in [0.1, 0.15) is 52.2 Å². The van der Waals surface area contributed by atoms with Gasteiger partial charge < -0.3 is 24.9 Å². The van der Waals surface area contributed by atoms with Crippen LogP contribution < -0.4 is 15.4 Å². The summed E-state index contributed by atoms with van der Waals surface area (Å²) in [5.74, 6) is 1.85. The van der Waals surface area contributed by atoms with Crippen molar-refractivity contribution in [2.24, 2.45) is 0 Å². The van der Waals surface area contributed by atoms with Crippen LogP contribution in [-0.4, -0.2) is 57.7 Å². The number of hydrogen-bond acceptors (Lipinski definition) is 8. The number of fused-ring (bicyclic) bond motifs is 1. The summed E-state index contributed by atoms with van der Waals surface area (Å²) in [6.45, 7) is 4.38. The van der Waals surface area contributed by atoms with E-state index in [1.165, 1.54) is 30.1 Å². The van der Waals surface area contributed by atoms with Gasteiger partial charge in [-0.15, -0.1) is 0 Å². The first-order valence-electron chi connectivity index (χ1n) is 12.7. The van der Waals surface area contributed by atoms with Crippen molar-refractivity contribution in [3.8, 4) is 5.75 Å². The van der Waals surface area contributed by atoms with Gasteiger partial charge in [-0.2, -0.15) is 0 Å². The fourth-order valence-corrected chi connectivity index (χ4v) is 4.76. The third-order valence-corrected chi connectivity index (χ3v) is 7.31. The fourth-order valence-electron chi connectivity index (χ4n) is 4.57. The maximum Gasteiger partial charge on any atom is 0.253 e. The second kappa shape index (κ2) is 11.5. The van der Waals surface area contributed by atoms with E-state index >= 15 is 0 Å². The van der Waals surface area contributed by atoms with Gasteiger partial charge in [-0.25, -0.2) is 9.97 Å². The zero-order valence-corrected chi connectivity index (χ0v) is 21.6. The Morgan fingerprint density at radius 1 is 1.30 bits per heavy atom. The molecular weight excluding hydrogens is 494 g/mol. The Balaban J connectivity index is 1.09. The quantitative estimate of drug-likeness (QED) is 0.367. The molecule has 1 unspecified atom stereocenters. The number of aliphatic hydroxyl groups is 1. The summed E-state index contributed by atoms with van der Waals surface area (Å²) in [6, 6.07) is 8.18. The molecule has 3 heterocycles. The zero-order chi connectivity index (χ0) is 25.8. The summed E-state index contributed by atoms with van der Waals surface area (Å²) in [5, 5.41) is 17.0. The molecule has 1 saturated carbocycles. The number of pyridine rings is 1. The summed E-state index contributed by atoms with van der Waals surface area (Å²) in [7, 11) is 0. The molecule has 0 bridgehead atoms. The molecule has 2 aliphatic rings. The van der Waals surface area contributed by atoms with Crippen molar-refractivity contribution >= 4 is 23.3 Å². The Morgan fingerprint density at radius 3 is 2.92 bits per heavy atom. The highest BCUT2D eigenvalue weighted by atomic mass is 35.5. The number of nitrogens with zero attached hydrogens (tertiary/aromatic N) is 3. The van der Waals surface area contributed by atoms with Crippen molar-refractivity contribution in [2.45, 2.75) is 57.9 Å². The largest absolute Gasteiger partial charge is 0.486 e. The van der Waals surface area contributed by atoms with Gasteiger partial charge in [0.1, 0.15) is 18.2 Å². The molecule has 37 heavy (non-hydrogen) atoms. The number of amides is 1. The van der Waals surface area contributed by atoms with E-state index in [-0.39, 0.29) is 17.5 Å². The van der Waals surface area contributed by atoms with Gasteiger partial charge in [-0.1, -0.05) is 17.7 Å². The number of aromatic nitrogens is 2. The third kappa shape index (κ3) is 6.41. The van der Waals surface area contributed by atoms with Gasteiger partial charge in [0, 0.05) is 38.4 Å². The summed E-state index contributed by atoms with van der Waals surface area (Å²) < 4.78 is 11.2. The molecule has 1 atom stereocenters. The summed E-state index contributed by atoms with van der Waals surface area (Å²) in [6.07, 6.45) is 6.49. The monoisotopic (exact) mass is 525 g/mol. The van der Waals surface area contributed by atoms with Crippen LogP contribution in [0.4, 0.5) is 5.82 Å². The molecule has 196 valence electrons.